The Bertz CT molecular complexity index is 395. The Morgan fingerprint density at radius 3 is 2.50 bits per heavy atom. The third-order valence-corrected chi connectivity index (χ3v) is 4.48. The van der Waals surface area contributed by atoms with Crippen molar-refractivity contribution in [3.8, 4) is 0 Å². The largest absolute Gasteiger partial charge is 0.356 e. The molecule has 6 heteroatoms. The van der Waals surface area contributed by atoms with Gasteiger partial charge >= 0.3 is 0 Å². The molecular formula is C18H37N5O. The first kappa shape index (κ1) is 20.7. The number of guanidine groups is 1. The smallest absolute Gasteiger partial charge is 0.239 e. The van der Waals surface area contributed by atoms with Crippen molar-refractivity contribution in [1.29, 1.82) is 0 Å². The Labute approximate surface area is 148 Å². The number of hydrogen-bond donors (Lipinski definition) is 2. The first-order valence-corrected chi connectivity index (χ1v) is 9.35. The summed E-state index contributed by atoms with van der Waals surface area (Å²) in [7, 11) is 5.49. The van der Waals surface area contributed by atoms with Gasteiger partial charge < -0.3 is 15.5 Å². The summed E-state index contributed by atoms with van der Waals surface area (Å²) in [4.78, 5) is 20.5. The quantitative estimate of drug-likeness (QED) is 0.380. The second kappa shape index (κ2) is 11.3. The van der Waals surface area contributed by atoms with Gasteiger partial charge in [0.05, 0.1) is 6.04 Å². The molecule has 1 aliphatic rings. The molecule has 1 saturated heterocycles. The second-order valence-electron chi connectivity index (χ2n) is 7.24. The number of hydrogen-bond acceptors (Lipinski definition) is 3. The molecule has 1 heterocycles. The number of rotatable bonds is 9. The molecule has 0 radical (unpaired) electrons. The summed E-state index contributed by atoms with van der Waals surface area (Å²) in [6.45, 7) is 8.33. The van der Waals surface area contributed by atoms with Gasteiger partial charge in [0.2, 0.25) is 5.91 Å². The number of likely N-dealkylation sites (tertiary alicyclic amines) is 1. The van der Waals surface area contributed by atoms with Crippen LogP contribution in [0.25, 0.3) is 0 Å². The molecule has 1 aliphatic heterocycles. The molecule has 1 atom stereocenters. The van der Waals surface area contributed by atoms with Crippen LogP contribution in [-0.2, 0) is 4.79 Å². The molecule has 24 heavy (non-hydrogen) atoms. The zero-order valence-electron chi connectivity index (χ0n) is 16.3. The van der Waals surface area contributed by atoms with Gasteiger partial charge in [-0.15, -0.1) is 0 Å². The monoisotopic (exact) mass is 339 g/mol. The van der Waals surface area contributed by atoms with Gasteiger partial charge in [0, 0.05) is 40.8 Å². The minimum Gasteiger partial charge on any atom is -0.356 e. The maximum atomic E-state index is 12.2. The molecule has 2 N–H and O–H groups in total. The summed E-state index contributed by atoms with van der Waals surface area (Å²) in [6, 6.07) is 0.0773. The Balaban J connectivity index is 2.20. The van der Waals surface area contributed by atoms with Crippen molar-refractivity contribution < 1.29 is 4.79 Å². The third kappa shape index (κ3) is 7.51. The van der Waals surface area contributed by atoms with Crippen LogP contribution in [0.1, 0.15) is 46.0 Å². The van der Waals surface area contributed by atoms with Gasteiger partial charge in [-0.2, -0.15) is 0 Å². The lowest BCUT2D eigenvalue weighted by Gasteiger charge is -2.26. The van der Waals surface area contributed by atoms with E-state index in [1.807, 2.05) is 21.1 Å². The van der Waals surface area contributed by atoms with E-state index < -0.39 is 0 Å². The van der Waals surface area contributed by atoms with Crippen LogP contribution in [0.15, 0.2) is 4.99 Å². The van der Waals surface area contributed by atoms with Crippen LogP contribution in [0, 0.1) is 5.92 Å². The molecule has 0 spiro atoms. The molecule has 140 valence electrons. The highest BCUT2D eigenvalue weighted by Gasteiger charge is 2.30. The number of carbonyl (C=O) groups excluding carboxylic acids is 1. The lowest BCUT2D eigenvalue weighted by atomic mass is 10.1. The molecule has 0 saturated carbocycles. The number of carbonyl (C=O) groups is 1. The minimum atomic E-state index is 0.0773. The summed E-state index contributed by atoms with van der Waals surface area (Å²) in [5.41, 5.74) is 0. The molecule has 6 nitrogen and oxygen atoms in total. The number of nitrogens with one attached hydrogen (secondary N) is 2. The van der Waals surface area contributed by atoms with Gasteiger partial charge in [-0.05, 0) is 44.6 Å². The predicted molar refractivity (Wildman–Crippen MR) is 101 cm³/mol. The molecular weight excluding hydrogens is 302 g/mol. The SMILES string of the molecule is CN=C(NCCCC(C)C)NCCCN1CCCC1C(=O)N(C)C. The fourth-order valence-corrected chi connectivity index (χ4v) is 3.10. The molecule has 1 rings (SSSR count). The fraction of sp³-hybridized carbons (Fsp3) is 0.889. The summed E-state index contributed by atoms with van der Waals surface area (Å²) in [5.74, 6) is 1.87. The number of aliphatic imine (C=N–C) groups is 1. The standard InChI is InChI=1S/C18H37N5O/c1-15(2)9-6-11-20-18(19-3)21-12-8-14-23-13-7-10-16(23)17(24)22(4)5/h15-16H,6-14H2,1-5H3,(H2,19,20,21). The number of amides is 1. The van der Waals surface area contributed by atoms with Crippen molar-refractivity contribution in [3.05, 3.63) is 0 Å². The van der Waals surface area contributed by atoms with Crippen molar-refractivity contribution >= 4 is 11.9 Å². The van der Waals surface area contributed by atoms with E-state index in [1.54, 1.807) is 4.90 Å². The lowest BCUT2D eigenvalue weighted by molar-refractivity contribution is -0.133. The van der Waals surface area contributed by atoms with Crippen molar-refractivity contribution in [1.82, 2.24) is 20.4 Å². The second-order valence-corrected chi connectivity index (χ2v) is 7.24. The van der Waals surface area contributed by atoms with Crippen LogP contribution < -0.4 is 10.6 Å². The number of likely N-dealkylation sites (N-methyl/N-ethyl adjacent to an activating group) is 1. The summed E-state index contributed by atoms with van der Waals surface area (Å²) < 4.78 is 0. The van der Waals surface area contributed by atoms with Gasteiger partial charge in [0.15, 0.2) is 5.96 Å². The van der Waals surface area contributed by atoms with Gasteiger partial charge in [0.25, 0.3) is 0 Å². The van der Waals surface area contributed by atoms with Gasteiger partial charge in [-0.1, -0.05) is 13.8 Å². The van der Waals surface area contributed by atoms with Gasteiger partial charge in [-0.25, -0.2) is 0 Å². The van der Waals surface area contributed by atoms with Crippen LogP contribution in [0.2, 0.25) is 0 Å². The normalized spacial score (nSPS) is 18.9. The molecule has 0 aromatic heterocycles. The molecule has 0 aromatic rings. The molecule has 0 bridgehead atoms. The summed E-state index contributed by atoms with van der Waals surface area (Å²) in [6.07, 6.45) is 5.53. The Hall–Kier alpha value is -1.30. The zero-order valence-corrected chi connectivity index (χ0v) is 16.3. The average molecular weight is 340 g/mol. The summed E-state index contributed by atoms with van der Waals surface area (Å²) >= 11 is 0. The van der Waals surface area contributed by atoms with E-state index in [0.717, 1.165) is 57.3 Å². The average Bonchev–Trinajstić information content (AvgIpc) is 3.00. The highest BCUT2D eigenvalue weighted by atomic mass is 16.2. The van der Waals surface area contributed by atoms with Crippen molar-refractivity contribution in [2.75, 3.05) is 47.3 Å². The van der Waals surface area contributed by atoms with Crippen molar-refractivity contribution in [2.45, 2.75) is 52.0 Å². The molecule has 1 unspecified atom stereocenters. The molecule has 0 aliphatic carbocycles. The molecule has 1 fully saturated rings. The Morgan fingerprint density at radius 1 is 1.25 bits per heavy atom. The van der Waals surface area contributed by atoms with E-state index in [2.05, 4.69) is 34.4 Å². The van der Waals surface area contributed by atoms with Crippen LogP contribution in [0.3, 0.4) is 0 Å². The van der Waals surface area contributed by atoms with Crippen LogP contribution in [0.5, 0.6) is 0 Å². The maximum absolute atomic E-state index is 12.2. The van der Waals surface area contributed by atoms with Gasteiger partial charge in [-0.3, -0.25) is 14.7 Å². The first-order chi connectivity index (χ1) is 11.5. The van der Waals surface area contributed by atoms with E-state index in [4.69, 9.17) is 0 Å². The Morgan fingerprint density at radius 2 is 1.92 bits per heavy atom. The minimum absolute atomic E-state index is 0.0773. The van der Waals surface area contributed by atoms with Crippen LogP contribution in [0.4, 0.5) is 0 Å². The Kier molecular flexibility index (Phi) is 9.76. The van der Waals surface area contributed by atoms with E-state index in [9.17, 15) is 4.79 Å². The van der Waals surface area contributed by atoms with Crippen molar-refractivity contribution in [3.63, 3.8) is 0 Å². The highest BCUT2D eigenvalue weighted by Crippen LogP contribution is 2.18. The van der Waals surface area contributed by atoms with Crippen LogP contribution in [-0.4, -0.2) is 75.0 Å². The topological polar surface area (TPSA) is 60.0 Å². The first-order valence-electron chi connectivity index (χ1n) is 9.35. The molecule has 0 aromatic carbocycles. The van der Waals surface area contributed by atoms with Crippen LogP contribution >= 0.6 is 0 Å². The van der Waals surface area contributed by atoms with Gasteiger partial charge in [0.1, 0.15) is 0 Å². The van der Waals surface area contributed by atoms with E-state index in [1.165, 1.54) is 12.8 Å². The third-order valence-electron chi connectivity index (χ3n) is 4.48. The highest BCUT2D eigenvalue weighted by molar-refractivity contribution is 5.81. The van der Waals surface area contributed by atoms with E-state index in [0.29, 0.717) is 0 Å². The summed E-state index contributed by atoms with van der Waals surface area (Å²) in [5, 5.41) is 6.72. The number of nitrogens with zero attached hydrogens (tertiary/aromatic N) is 3. The van der Waals surface area contributed by atoms with E-state index in [-0.39, 0.29) is 11.9 Å². The molecule has 1 amide bonds. The fourth-order valence-electron chi connectivity index (χ4n) is 3.10. The maximum Gasteiger partial charge on any atom is 0.239 e. The lowest BCUT2D eigenvalue weighted by Crippen LogP contribution is -2.44. The zero-order chi connectivity index (χ0) is 17.9. The van der Waals surface area contributed by atoms with E-state index >= 15 is 0 Å². The van der Waals surface area contributed by atoms with Crippen molar-refractivity contribution in [2.24, 2.45) is 10.9 Å². The predicted octanol–water partition coefficient (Wildman–Crippen LogP) is 1.53.